The van der Waals surface area contributed by atoms with Crippen LogP contribution < -0.4 is 5.32 Å². The van der Waals surface area contributed by atoms with E-state index in [2.05, 4.69) is 37.2 Å². The zero-order chi connectivity index (χ0) is 14.7. The molecule has 2 aromatic carbocycles. The number of carbonyl (C=O) groups excluding carboxylic acids is 1. The SMILES string of the molecule is Cc1cc(C(=O)NC(C)c2ccccc2Br)ccc1Br. The van der Waals surface area contributed by atoms with Crippen molar-refractivity contribution in [2.24, 2.45) is 0 Å². The predicted molar refractivity (Wildman–Crippen MR) is 88.9 cm³/mol. The summed E-state index contributed by atoms with van der Waals surface area (Å²) >= 11 is 6.94. The summed E-state index contributed by atoms with van der Waals surface area (Å²) in [6, 6.07) is 13.4. The molecule has 0 fully saturated rings. The number of amides is 1. The Balaban J connectivity index is 2.15. The van der Waals surface area contributed by atoms with E-state index in [0.717, 1.165) is 20.1 Å². The number of halogens is 2. The zero-order valence-electron chi connectivity index (χ0n) is 11.3. The minimum absolute atomic E-state index is 0.0537. The lowest BCUT2D eigenvalue weighted by Gasteiger charge is -2.16. The smallest absolute Gasteiger partial charge is 0.251 e. The second kappa shape index (κ2) is 6.55. The molecule has 0 bridgehead atoms. The van der Waals surface area contributed by atoms with Crippen molar-refractivity contribution >= 4 is 37.8 Å². The van der Waals surface area contributed by atoms with Crippen LogP contribution in [0.4, 0.5) is 0 Å². The first-order valence-corrected chi connectivity index (χ1v) is 7.89. The van der Waals surface area contributed by atoms with Gasteiger partial charge in [0.15, 0.2) is 0 Å². The fourth-order valence-corrected chi connectivity index (χ4v) is 2.84. The molecule has 4 heteroatoms. The van der Waals surface area contributed by atoms with Crippen molar-refractivity contribution < 1.29 is 4.79 Å². The van der Waals surface area contributed by atoms with Gasteiger partial charge in [-0.05, 0) is 49.2 Å². The molecular formula is C16H15Br2NO. The Hall–Kier alpha value is -1.13. The van der Waals surface area contributed by atoms with Gasteiger partial charge in [-0.2, -0.15) is 0 Å². The second-order valence-electron chi connectivity index (χ2n) is 4.68. The molecule has 0 saturated carbocycles. The Morgan fingerprint density at radius 1 is 1.10 bits per heavy atom. The van der Waals surface area contributed by atoms with Crippen LogP contribution in [0.2, 0.25) is 0 Å². The van der Waals surface area contributed by atoms with Crippen LogP contribution in [0.15, 0.2) is 51.4 Å². The third kappa shape index (κ3) is 3.49. The number of hydrogen-bond acceptors (Lipinski definition) is 1. The third-order valence-electron chi connectivity index (χ3n) is 3.14. The lowest BCUT2D eigenvalue weighted by molar-refractivity contribution is 0.0939. The molecule has 0 saturated heterocycles. The number of carbonyl (C=O) groups is 1. The summed E-state index contributed by atoms with van der Waals surface area (Å²) in [7, 11) is 0. The average molecular weight is 397 g/mol. The van der Waals surface area contributed by atoms with Gasteiger partial charge in [-0.15, -0.1) is 0 Å². The van der Waals surface area contributed by atoms with Crippen molar-refractivity contribution in [2.45, 2.75) is 19.9 Å². The first-order chi connectivity index (χ1) is 9.49. The van der Waals surface area contributed by atoms with Gasteiger partial charge in [0.05, 0.1) is 6.04 Å². The monoisotopic (exact) mass is 395 g/mol. The summed E-state index contributed by atoms with van der Waals surface area (Å²) in [4.78, 5) is 12.3. The normalized spacial score (nSPS) is 12.0. The Morgan fingerprint density at radius 2 is 1.80 bits per heavy atom. The van der Waals surface area contributed by atoms with Gasteiger partial charge in [-0.1, -0.05) is 50.1 Å². The highest BCUT2D eigenvalue weighted by Crippen LogP contribution is 2.23. The van der Waals surface area contributed by atoms with E-state index in [-0.39, 0.29) is 11.9 Å². The van der Waals surface area contributed by atoms with Crippen molar-refractivity contribution in [2.75, 3.05) is 0 Å². The van der Waals surface area contributed by atoms with Gasteiger partial charge in [-0.3, -0.25) is 4.79 Å². The van der Waals surface area contributed by atoms with Crippen molar-refractivity contribution in [3.05, 3.63) is 68.1 Å². The topological polar surface area (TPSA) is 29.1 Å². The Kier molecular flexibility index (Phi) is 5.00. The summed E-state index contributed by atoms with van der Waals surface area (Å²) in [5.41, 5.74) is 2.78. The van der Waals surface area contributed by atoms with E-state index in [9.17, 15) is 4.79 Å². The Morgan fingerprint density at radius 3 is 2.45 bits per heavy atom. The van der Waals surface area contributed by atoms with Crippen LogP contribution in [0.5, 0.6) is 0 Å². The molecule has 1 unspecified atom stereocenters. The lowest BCUT2D eigenvalue weighted by atomic mass is 10.1. The van der Waals surface area contributed by atoms with Gasteiger partial charge >= 0.3 is 0 Å². The number of aryl methyl sites for hydroxylation is 1. The van der Waals surface area contributed by atoms with E-state index in [1.165, 1.54) is 0 Å². The molecule has 2 aromatic rings. The number of rotatable bonds is 3. The van der Waals surface area contributed by atoms with E-state index >= 15 is 0 Å². The molecule has 0 aliphatic carbocycles. The van der Waals surface area contributed by atoms with Crippen molar-refractivity contribution in [3.63, 3.8) is 0 Å². The first-order valence-electron chi connectivity index (χ1n) is 6.30. The molecular weight excluding hydrogens is 382 g/mol. The first kappa shape index (κ1) is 15.3. The minimum Gasteiger partial charge on any atom is -0.345 e. The van der Waals surface area contributed by atoms with Gasteiger partial charge in [-0.25, -0.2) is 0 Å². The number of nitrogens with one attached hydrogen (secondary N) is 1. The minimum atomic E-state index is -0.0659. The molecule has 0 heterocycles. The van der Waals surface area contributed by atoms with Gasteiger partial charge in [0.25, 0.3) is 5.91 Å². The maximum atomic E-state index is 12.3. The maximum absolute atomic E-state index is 12.3. The molecule has 0 aliphatic heterocycles. The van der Waals surface area contributed by atoms with Crippen LogP contribution in [0.25, 0.3) is 0 Å². The van der Waals surface area contributed by atoms with Crippen LogP contribution in [-0.4, -0.2) is 5.91 Å². The molecule has 0 spiro atoms. The van der Waals surface area contributed by atoms with Crippen LogP contribution in [0, 0.1) is 6.92 Å². The van der Waals surface area contributed by atoms with Gasteiger partial charge in [0, 0.05) is 14.5 Å². The van der Waals surface area contributed by atoms with E-state index < -0.39 is 0 Å². The molecule has 0 radical (unpaired) electrons. The fourth-order valence-electron chi connectivity index (χ4n) is 1.97. The van der Waals surface area contributed by atoms with Crippen LogP contribution in [0.1, 0.15) is 34.5 Å². The van der Waals surface area contributed by atoms with Crippen molar-refractivity contribution in [1.82, 2.24) is 5.32 Å². The molecule has 20 heavy (non-hydrogen) atoms. The van der Waals surface area contributed by atoms with Crippen LogP contribution in [-0.2, 0) is 0 Å². The van der Waals surface area contributed by atoms with Crippen LogP contribution in [0.3, 0.4) is 0 Å². The van der Waals surface area contributed by atoms with E-state index in [0.29, 0.717) is 5.56 Å². The standard InChI is InChI=1S/C16H15Br2NO/c1-10-9-12(7-8-14(10)17)16(20)19-11(2)13-5-3-4-6-15(13)18/h3-9,11H,1-2H3,(H,19,20). The van der Waals surface area contributed by atoms with Crippen molar-refractivity contribution in [3.8, 4) is 0 Å². The summed E-state index contributed by atoms with van der Waals surface area (Å²) in [6.07, 6.45) is 0. The maximum Gasteiger partial charge on any atom is 0.251 e. The highest BCUT2D eigenvalue weighted by atomic mass is 79.9. The molecule has 2 rings (SSSR count). The summed E-state index contributed by atoms with van der Waals surface area (Å²) in [6.45, 7) is 3.95. The van der Waals surface area contributed by atoms with Crippen LogP contribution >= 0.6 is 31.9 Å². The molecule has 1 amide bonds. The van der Waals surface area contributed by atoms with E-state index in [1.54, 1.807) is 0 Å². The molecule has 104 valence electrons. The predicted octanol–water partition coefficient (Wildman–Crippen LogP) is 5.01. The van der Waals surface area contributed by atoms with Crippen molar-refractivity contribution in [1.29, 1.82) is 0 Å². The largest absolute Gasteiger partial charge is 0.345 e. The van der Waals surface area contributed by atoms with E-state index in [4.69, 9.17) is 0 Å². The average Bonchev–Trinajstić information content (AvgIpc) is 2.42. The number of hydrogen-bond donors (Lipinski definition) is 1. The molecule has 0 aliphatic rings. The van der Waals surface area contributed by atoms with Gasteiger partial charge in [0.2, 0.25) is 0 Å². The zero-order valence-corrected chi connectivity index (χ0v) is 14.5. The highest BCUT2D eigenvalue weighted by Gasteiger charge is 2.13. The fraction of sp³-hybridized carbons (Fsp3) is 0.188. The Labute approximate surface area is 135 Å². The second-order valence-corrected chi connectivity index (χ2v) is 6.39. The molecule has 2 nitrogen and oxygen atoms in total. The summed E-state index contributed by atoms with van der Waals surface area (Å²) < 4.78 is 2.01. The van der Waals surface area contributed by atoms with E-state index in [1.807, 2.05) is 56.3 Å². The third-order valence-corrected chi connectivity index (χ3v) is 4.75. The summed E-state index contributed by atoms with van der Waals surface area (Å²) in [5.74, 6) is -0.0659. The molecule has 0 aromatic heterocycles. The molecule has 1 N–H and O–H groups in total. The van der Waals surface area contributed by atoms with Gasteiger partial charge < -0.3 is 5.32 Å². The molecule has 1 atom stereocenters. The highest BCUT2D eigenvalue weighted by molar-refractivity contribution is 9.10. The number of benzene rings is 2. The summed E-state index contributed by atoms with van der Waals surface area (Å²) in [5, 5.41) is 3.02. The van der Waals surface area contributed by atoms with Gasteiger partial charge in [0.1, 0.15) is 0 Å². The Bertz CT molecular complexity index is 640. The lowest BCUT2D eigenvalue weighted by Crippen LogP contribution is -2.26. The quantitative estimate of drug-likeness (QED) is 0.775.